The highest BCUT2D eigenvalue weighted by Gasteiger charge is 2.70. The van der Waals surface area contributed by atoms with Gasteiger partial charge in [-0.1, -0.05) is 47.1 Å². The fourth-order valence-electron chi connectivity index (χ4n) is 11.0. The Morgan fingerprint density at radius 2 is 1.73 bits per heavy atom. The van der Waals surface area contributed by atoms with Crippen LogP contribution in [-0.4, -0.2) is 29.1 Å². The lowest BCUT2D eigenvalue weighted by molar-refractivity contribution is -0.174. The summed E-state index contributed by atoms with van der Waals surface area (Å²) in [5, 5.41) is 7.75. The van der Waals surface area contributed by atoms with Crippen molar-refractivity contribution in [2.24, 2.45) is 44.8 Å². The molecule has 0 aliphatic heterocycles. The third-order valence-corrected chi connectivity index (χ3v) is 13.3. The number of aromatic amines is 1. The molecule has 37 heavy (non-hydrogen) atoms. The van der Waals surface area contributed by atoms with Crippen molar-refractivity contribution in [3.8, 4) is 0 Å². The van der Waals surface area contributed by atoms with Crippen LogP contribution in [0.5, 0.6) is 0 Å². The third-order valence-electron chi connectivity index (χ3n) is 13.3. The maximum Gasteiger partial charge on any atom is 0.311 e. The molecule has 0 saturated heterocycles. The first-order valence-electron chi connectivity index (χ1n) is 14.5. The molecule has 1 aromatic heterocycles. The Labute approximate surface area is 222 Å². The van der Waals surface area contributed by atoms with E-state index in [0.717, 1.165) is 51.4 Å². The number of rotatable bonds is 1. The molecule has 5 heteroatoms. The van der Waals surface area contributed by atoms with Crippen LogP contribution in [0.1, 0.15) is 105 Å². The maximum absolute atomic E-state index is 14.5. The summed E-state index contributed by atoms with van der Waals surface area (Å²) in [6.07, 6.45) is 12.2. The number of carbonyl (C=O) groups excluding carboxylic acids is 2. The normalized spacial score (nSPS) is 47.9. The fourth-order valence-corrected chi connectivity index (χ4v) is 11.0. The monoisotopic (exact) mass is 506 g/mol. The van der Waals surface area contributed by atoms with Crippen LogP contribution in [0.2, 0.25) is 0 Å². The molecule has 1 heterocycles. The lowest BCUT2D eigenvalue weighted by Crippen LogP contribution is -2.66. The number of esters is 1. The molecular weight excluding hydrogens is 460 g/mol. The van der Waals surface area contributed by atoms with Crippen LogP contribution < -0.4 is 0 Å². The van der Waals surface area contributed by atoms with Crippen LogP contribution in [0.4, 0.5) is 0 Å². The molecule has 1 N–H and O–H groups in total. The minimum atomic E-state index is -0.479. The highest BCUT2D eigenvalue weighted by Crippen LogP contribution is 2.74. The number of hydrogen-bond acceptors (Lipinski definition) is 4. The third kappa shape index (κ3) is 2.95. The van der Waals surface area contributed by atoms with E-state index >= 15 is 0 Å². The number of ketones is 1. The molecule has 5 nitrogen and oxygen atoms in total. The molecule has 0 aromatic carbocycles. The van der Waals surface area contributed by atoms with Gasteiger partial charge in [0.25, 0.3) is 0 Å². The summed E-state index contributed by atoms with van der Waals surface area (Å²) in [6.45, 7) is 16.5. The topological polar surface area (TPSA) is 72.1 Å². The highest BCUT2D eigenvalue weighted by molar-refractivity contribution is 5.96. The summed E-state index contributed by atoms with van der Waals surface area (Å²) in [5.74, 6) is 0.913. The second-order valence-electron chi connectivity index (χ2n) is 15.4. The van der Waals surface area contributed by atoms with E-state index in [4.69, 9.17) is 4.74 Å². The number of ether oxygens (including phenoxy) is 1. The number of aromatic nitrogens is 2. The van der Waals surface area contributed by atoms with Crippen molar-refractivity contribution in [1.82, 2.24) is 10.2 Å². The Morgan fingerprint density at radius 3 is 2.43 bits per heavy atom. The molecule has 0 bridgehead atoms. The summed E-state index contributed by atoms with van der Waals surface area (Å²) >= 11 is 0. The number of fused-ring (bicyclic) bond motifs is 8. The molecule has 3 saturated carbocycles. The molecule has 202 valence electrons. The lowest BCUT2D eigenvalue weighted by atomic mass is 9.33. The summed E-state index contributed by atoms with van der Waals surface area (Å²) < 4.78 is 5.27. The smallest absolute Gasteiger partial charge is 0.311 e. The largest absolute Gasteiger partial charge is 0.469 e. The molecular formula is C32H46N2O3. The molecule has 5 aliphatic carbocycles. The predicted molar refractivity (Wildman–Crippen MR) is 144 cm³/mol. The van der Waals surface area contributed by atoms with E-state index in [1.54, 1.807) is 0 Å². The molecule has 3 fully saturated rings. The van der Waals surface area contributed by atoms with Gasteiger partial charge < -0.3 is 4.74 Å². The number of nitrogens with one attached hydrogen (secondary N) is 1. The predicted octanol–water partition coefficient (Wildman–Crippen LogP) is 6.58. The number of allylic oxidation sites excluding steroid dienone is 2. The quantitative estimate of drug-likeness (QED) is 0.437. The van der Waals surface area contributed by atoms with Crippen molar-refractivity contribution in [3.63, 3.8) is 0 Å². The molecule has 6 rings (SSSR count). The number of nitrogens with zero attached hydrogens (tertiary/aromatic N) is 1. The Balaban J connectivity index is 1.47. The van der Waals surface area contributed by atoms with Crippen molar-refractivity contribution in [1.29, 1.82) is 0 Å². The fraction of sp³-hybridized carbons (Fsp3) is 0.781. The van der Waals surface area contributed by atoms with Gasteiger partial charge in [-0.25, -0.2) is 0 Å². The van der Waals surface area contributed by atoms with Crippen molar-refractivity contribution in [2.45, 2.75) is 105 Å². The van der Waals surface area contributed by atoms with Crippen LogP contribution in [0.15, 0.2) is 17.8 Å². The summed E-state index contributed by atoms with van der Waals surface area (Å²) in [4.78, 5) is 27.4. The van der Waals surface area contributed by atoms with E-state index in [-0.39, 0.29) is 44.9 Å². The van der Waals surface area contributed by atoms with Crippen molar-refractivity contribution in [2.75, 3.05) is 7.11 Å². The standard InChI is InChI=1S/C32H46N2O3/c1-27(2)23-9-10-32(7)24(30(23,5)16-19-18-33-34-25(19)27)22(35)15-20-21-17-29(4,26(36)37-8)12-11-28(21,3)13-14-31(20,32)6/h15,18,21,23-24H,9-14,16-17H2,1-8H3,(H,33,34)/t21-,23+,24-,28-,29+,30+,31-,32-/m1/s1. The van der Waals surface area contributed by atoms with Gasteiger partial charge >= 0.3 is 5.97 Å². The summed E-state index contributed by atoms with van der Waals surface area (Å²) in [6, 6.07) is 0. The maximum atomic E-state index is 14.5. The second kappa shape index (κ2) is 7.39. The number of hydrogen-bond donors (Lipinski definition) is 1. The van der Waals surface area contributed by atoms with E-state index in [1.807, 2.05) is 6.20 Å². The van der Waals surface area contributed by atoms with Gasteiger partial charge in [0.2, 0.25) is 0 Å². The van der Waals surface area contributed by atoms with Gasteiger partial charge in [-0.3, -0.25) is 14.7 Å². The van der Waals surface area contributed by atoms with Gasteiger partial charge in [-0.05, 0) is 103 Å². The van der Waals surface area contributed by atoms with Gasteiger partial charge in [-0.2, -0.15) is 5.10 Å². The molecule has 1 aromatic rings. The first-order valence-corrected chi connectivity index (χ1v) is 14.5. The molecule has 0 amide bonds. The van der Waals surface area contributed by atoms with Gasteiger partial charge in [0, 0.05) is 17.0 Å². The minimum Gasteiger partial charge on any atom is -0.469 e. The number of methoxy groups -OCH3 is 1. The SMILES string of the molecule is COC(=O)[C@@]1(C)CC[C@]2(C)CC[C@]3(C)C(=CC(=O)[C@@H]4[C@@]5(C)Cc6cn[nH]c6C(C)(C)[C@@H]5CC[C@]43C)[C@H]2C1. The first-order chi connectivity index (χ1) is 17.2. The highest BCUT2D eigenvalue weighted by atomic mass is 16.5. The Hall–Kier alpha value is -1.91. The van der Waals surface area contributed by atoms with Gasteiger partial charge in [0.1, 0.15) is 0 Å². The van der Waals surface area contributed by atoms with E-state index in [0.29, 0.717) is 11.7 Å². The summed E-state index contributed by atoms with van der Waals surface area (Å²) in [5.41, 5.74) is 3.28. The summed E-state index contributed by atoms with van der Waals surface area (Å²) in [7, 11) is 1.51. The van der Waals surface area contributed by atoms with Crippen molar-refractivity contribution < 1.29 is 14.3 Å². The molecule has 8 atom stereocenters. The van der Waals surface area contributed by atoms with E-state index in [9.17, 15) is 9.59 Å². The van der Waals surface area contributed by atoms with Crippen LogP contribution in [0, 0.1) is 44.8 Å². The second-order valence-corrected chi connectivity index (χ2v) is 15.4. The average molecular weight is 507 g/mol. The van der Waals surface area contributed by atoms with Crippen LogP contribution in [0.25, 0.3) is 0 Å². The zero-order chi connectivity index (χ0) is 26.8. The van der Waals surface area contributed by atoms with Gasteiger partial charge in [0.15, 0.2) is 5.78 Å². The van der Waals surface area contributed by atoms with Gasteiger partial charge in [0.05, 0.1) is 18.7 Å². The molecule has 0 radical (unpaired) electrons. The molecule has 0 spiro atoms. The van der Waals surface area contributed by atoms with E-state index in [1.165, 1.54) is 23.9 Å². The van der Waals surface area contributed by atoms with Crippen LogP contribution in [-0.2, 0) is 26.2 Å². The number of carbonyl (C=O) groups is 2. The molecule has 0 unspecified atom stereocenters. The minimum absolute atomic E-state index is 0.00485. The van der Waals surface area contributed by atoms with Crippen molar-refractivity contribution >= 4 is 11.8 Å². The zero-order valence-electron chi connectivity index (χ0n) is 24.2. The average Bonchev–Trinajstić information content (AvgIpc) is 3.29. The van der Waals surface area contributed by atoms with Gasteiger partial charge in [-0.15, -0.1) is 0 Å². The van der Waals surface area contributed by atoms with Crippen molar-refractivity contribution in [3.05, 3.63) is 29.1 Å². The molecule has 5 aliphatic rings. The van der Waals surface area contributed by atoms with E-state index in [2.05, 4.69) is 64.7 Å². The lowest BCUT2D eigenvalue weighted by Gasteiger charge is -2.69. The zero-order valence-corrected chi connectivity index (χ0v) is 24.2. The Kier molecular flexibility index (Phi) is 5.06. The Morgan fingerprint density at radius 1 is 1.03 bits per heavy atom. The Bertz CT molecular complexity index is 1210. The van der Waals surface area contributed by atoms with Crippen LogP contribution >= 0.6 is 0 Å². The van der Waals surface area contributed by atoms with Crippen LogP contribution in [0.3, 0.4) is 0 Å². The van der Waals surface area contributed by atoms with E-state index < -0.39 is 5.41 Å². The first kappa shape index (κ1) is 25.4. The number of H-pyrrole nitrogens is 1.